The Balaban J connectivity index is 2.64. The molecule has 5 heteroatoms. The molecule has 0 amide bonds. The summed E-state index contributed by atoms with van der Waals surface area (Å²) in [6.45, 7) is 1.85. The standard InChI is InChI=1S/C9H12N4O/c1-6(10)8-11-9-7(14-2)4-3-5-13(9)12-8/h3-6H,10H2,1-2H3. The predicted octanol–water partition coefficient (Wildman–Crippen LogP) is 0.758. The summed E-state index contributed by atoms with van der Waals surface area (Å²) in [6.07, 6.45) is 1.82. The lowest BCUT2D eigenvalue weighted by molar-refractivity contribution is 0.416. The molecule has 0 aromatic carbocycles. The lowest BCUT2D eigenvalue weighted by Crippen LogP contribution is -2.06. The normalized spacial score (nSPS) is 13.1. The fraction of sp³-hybridized carbons (Fsp3) is 0.333. The van der Waals surface area contributed by atoms with E-state index in [9.17, 15) is 0 Å². The molecule has 0 saturated carbocycles. The molecule has 0 aliphatic carbocycles. The van der Waals surface area contributed by atoms with Crippen molar-refractivity contribution in [3.05, 3.63) is 24.2 Å². The zero-order valence-corrected chi connectivity index (χ0v) is 8.14. The molecule has 0 spiro atoms. The van der Waals surface area contributed by atoms with Crippen molar-refractivity contribution >= 4 is 5.65 Å². The highest BCUT2D eigenvalue weighted by Gasteiger charge is 2.10. The third-order valence-corrected chi connectivity index (χ3v) is 1.97. The van der Waals surface area contributed by atoms with Crippen molar-refractivity contribution in [3.63, 3.8) is 0 Å². The minimum Gasteiger partial charge on any atom is -0.493 e. The Bertz CT molecular complexity index is 449. The molecule has 2 N–H and O–H groups in total. The number of ether oxygens (including phenoxy) is 1. The molecule has 1 unspecified atom stereocenters. The van der Waals surface area contributed by atoms with Gasteiger partial charge < -0.3 is 10.5 Å². The molecule has 2 aromatic heterocycles. The van der Waals surface area contributed by atoms with Crippen molar-refractivity contribution < 1.29 is 4.74 Å². The van der Waals surface area contributed by atoms with Gasteiger partial charge in [0, 0.05) is 6.20 Å². The second-order valence-corrected chi connectivity index (χ2v) is 3.10. The average molecular weight is 192 g/mol. The summed E-state index contributed by atoms with van der Waals surface area (Å²) in [4.78, 5) is 4.28. The molecular formula is C9H12N4O. The van der Waals surface area contributed by atoms with Gasteiger partial charge in [0.25, 0.3) is 0 Å². The van der Waals surface area contributed by atoms with Gasteiger partial charge in [-0.1, -0.05) is 0 Å². The molecule has 2 heterocycles. The van der Waals surface area contributed by atoms with Crippen molar-refractivity contribution in [1.82, 2.24) is 14.6 Å². The van der Waals surface area contributed by atoms with Gasteiger partial charge in [-0.25, -0.2) is 9.50 Å². The maximum Gasteiger partial charge on any atom is 0.198 e. The summed E-state index contributed by atoms with van der Waals surface area (Å²) in [6, 6.07) is 3.53. The highest BCUT2D eigenvalue weighted by atomic mass is 16.5. The summed E-state index contributed by atoms with van der Waals surface area (Å²) in [5.41, 5.74) is 6.39. The average Bonchev–Trinajstić information content (AvgIpc) is 2.60. The van der Waals surface area contributed by atoms with Gasteiger partial charge in [0.15, 0.2) is 17.2 Å². The lowest BCUT2D eigenvalue weighted by atomic mass is 10.3. The van der Waals surface area contributed by atoms with E-state index < -0.39 is 0 Å². The first-order valence-corrected chi connectivity index (χ1v) is 4.37. The molecule has 74 valence electrons. The Labute approximate surface area is 81.5 Å². The Morgan fingerprint density at radius 2 is 2.36 bits per heavy atom. The molecule has 2 aromatic rings. The molecule has 14 heavy (non-hydrogen) atoms. The monoisotopic (exact) mass is 192 g/mol. The van der Waals surface area contributed by atoms with Gasteiger partial charge in [-0.3, -0.25) is 0 Å². The molecular weight excluding hydrogens is 180 g/mol. The maximum atomic E-state index is 5.69. The van der Waals surface area contributed by atoms with Crippen LogP contribution in [0, 0.1) is 0 Å². The molecule has 5 nitrogen and oxygen atoms in total. The van der Waals surface area contributed by atoms with Gasteiger partial charge in [0.2, 0.25) is 0 Å². The summed E-state index contributed by atoms with van der Waals surface area (Å²) >= 11 is 0. The van der Waals surface area contributed by atoms with Gasteiger partial charge in [0.1, 0.15) is 0 Å². The minimum absolute atomic E-state index is 0.167. The lowest BCUT2D eigenvalue weighted by Gasteiger charge is -1.98. The quantitative estimate of drug-likeness (QED) is 0.762. The third kappa shape index (κ3) is 1.31. The van der Waals surface area contributed by atoms with Gasteiger partial charge in [-0.2, -0.15) is 0 Å². The topological polar surface area (TPSA) is 65.4 Å². The van der Waals surface area contributed by atoms with E-state index in [1.165, 1.54) is 0 Å². The molecule has 0 aliphatic rings. The van der Waals surface area contributed by atoms with Crippen LogP contribution in [-0.4, -0.2) is 21.7 Å². The maximum absolute atomic E-state index is 5.69. The number of nitrogens with two attached hydrogens (primary N) is 1. The minimum atomic E-state index is -0.167. The Kier molecular flexibility index (Phi) is 2.09. The zero-order valence-electron chi connectivity index (χ0n) is 8.14. The van der Waals surface area contributed by atoms with Crippen molar-refractivity contribution in [1.29, 1.82) is 0 Å². The van der Waals surface area contributed by atoms with Crippen molar-refractivity contribution in [2.45, 2.75) is 13.0 Å². The Morgan fingerprint density at radius 1 is 1.57 bits per heavy atom. The largest absolute Gasteiger partial charge is 0.493 e. The van der Waals surface area contributed by atoms with Crippen molar-refractivity contribution in [2.75, 3.05) is 7.11 Å². The van der Waals surface area contributed by atoms with E-state index >= 15 is 0 Å². The van der Waals surface area contributed by atoms with Gasteiger partial charge in [0.05, 0.1) is 13.2 Å². The first-order chi connectivity index (χ1) is 6.72. The number of hydrogen-bond acceptors (Lipinski definition) is 4. The highest BCUT2D eigenvalue weighted by molar-refractivity contribution is 5.52. The van der Waals surface area contributed by atoms with Crippen LogP contribution in [0.25, 0.3) is 5.65 Å². The molecule has 0 fully saturated rings. The van der Waals surface area contributed by atoms with Crippen LogP contribution in [0.15, 0.2) is 18.3 Å². The van der Waals surface area contributed by atoms with Crippen LogP contribution in [0.4, 0.5) is 0 Å². The number of nitrogens with zero attached hydrogens (tertiary/aromatic N) is 3. The van der Waals surface area contributed by atoms with Crippen LogP contribution >= 0.6 is 0 Å². The SMILES string of the molecule is COc1cccn2nc(C(C)N)nc12. The third-order valence-electron chi connectivity index (χ3n) is 1.97. The van der Waals surface area contributed by atoms with Gasteiger partial charge in [-0.15, -0.1) is 5.10 Å². The summed E-state index contributed by atoms with van der Waals surface area (Å²) in [5.74, 6) is 1.32. The van der Waals surface area contributed by atoms with Crippen LogP contribution in [-0.2, 0) is 0 Å². The predicted molar refractivity (Wildman–Crippen MR) is 52.1 cm³/mol. The van der Waals surface area contributed by atoms with Gasteiger partial charge in [-0.05, 0) is 19.1 Å². The second kappa shape index (κ2) is 3.26. The molecule has 0 saturated heterocycles. The first-order valence-electron chi connectivity index (χ1n) is 4.37. The number of pyridine rings is 1. The van der Waals surface area contributed by atoms with Crippen LogP contribution in [0.2, 0.25) is 0 Å². The Hall–Kier alpha value is -1.62. The van der Waals surface area contributed by atoms with Crippen LogP contribution < -0.4 is 10.5 Å². The van der Waals surface area contributed by atoms with Crippen LogP contribution in [0.5, 0.6) is 5.75 Å². The number of hydrogen-bond donors (Lipinski definition) is 1. The van der Waals surface area contributed by atoms with Crippen molar-refractivity contribution in [2.24, 2.45) is 5.73 Å². The number of rotatable bonds is 2. The summed E-state index contributed by atoms with van der Waals surface area (Å²) in [7, 11) is 1.61. The number of fused-ring (bicyclic) bond motifs is 1. The zero-order chi connectivity index (χ0) is 10.1. The van der Waals surface area contributed by atoms with E-state index in [0.29, 0.717) is 17.2 Å². The molecule has 2 rings (SSSR count). The molecule has 0 aliphatic heterocycles. The van der Waals surface area contributed by atoms with Crippen LogP contribution in [0.1, 0.15) is 18.8 Å². The number of methoxy groups -OCH3 is 1. The first kappa shape index (κ1) is 8.96. The molecule has 0 radical (unpaired) electrons. The fourth-order valence-corrected chi connectivity index (χ4v) is 1.25. The highest BCUT2D eigenvalue weighted by Crippen LogP contribution is 2.17. The smallest absolute Gasteiger partial charge is 0.198 e. The summed E-state index contributed by atoms with van der Waals surface area (Å²) in [5, 5.41) is 4.22. The molecule has 1 atom stereocenters. The second-order valence-electron chi connectivity index (χ2n) is 3.10. The van der Waals surface area contributed by atoms with E-state index in [1.807, 2.05) is 25.3 Å². The van der Waals surface area contributed by atoms with E-state index in [4.69, 9.17) is 10.5 Å². The van der Waals surface area contributed by atoms with Crippen molar-refractivity contribution in [3.8, 4) is 5.75 Å². The number of aromatic nitrogens is 3. The van der Waals surface area contributed by atoms with E-state index in [1.54, 1.807) is 11.6 Å². The fourth-order valence-electron chi connectivity index (χ4n) is 1.25. The van der Waals surface area contributed by atoms with E-state index in [0.717, 1.165) is 0 Å². The van der Waals surface area contributed by atoms with Crippen LogP contribution in [0.3, 0.4) is 0 Å². The molecule has 0 bridgehead atoms. The van der Waals surface area contributed by atoms with E-state index in [2.05, 4.69) is 10.1 Å². The summed E-state index contributed by atoms with van der Waals surface area (Å²) < 4.78 is 6.82. The van der Waals surface area contributed by atoms with Gasteiger partial charge >= 0.3 is 0 Å². The Morgan fingerprint density at radius 3 is 3.00 bits per heavy atom. The van der Waals surface area contributed by atoms with E-state index in [-0.39, 0.29) is 6.04 Å².